The van der Waals surface area contributed by atoms with E-state index in [0.717, 1.165) is 23.1 Å². The maximum absolute atomic E-state index is 13.6. The molecule has 1 aliphatic heterocycles. The smallest absolute Gasteiger partial charge is 0.264 e. The Morgan fingerprint density at radius 1 is 1.03 bits per heavy atom. The van der Waals surface area contributed by atoms with E-state index in [-0.39, 0.29) is 23.4 Å². The van der Waals surface area contributed by atoms with E-state index < -0.39 is 16.1 Å². The van der Waals surface area contributed by atoms with E-state index in [4.69, 9.17) is 4.74 Å². The van der Waals surface area contributed by atoms with Gasteiger partial charge in [0.05, 0.1) is 23.2 Å². The fourth-order valence-corrected chi connectivity index (χ4v) is 5.47. The number of aryl methyl sites for hydroxylation is 3. The van der Waals surface area contributed by atoms with E-state index in [1.54, 1.807) is 36.4 Å². The second kappa shape index (κ2) is 9.50. The lowest BCUT2D eigenvalue weighted by molar-refractivity contribution is -0.128. The van der Waals surface area contributed by atoms with Crippen molar-refractivity contribution in [1.29, 1.82) is 0 Å². The molecular formula is C27H30N2O4S. The van der Waals surface area contributed by atoms with E-state index >= 15 is 0 Å². The summed E-state index contributed by atoms with van der Waals surface area (Å²) in [5.41, 5.74) is 4.51. The highest BCUT2D eigenvalue weighted by atomic mass is 32.2. The molecule has 0 saturated heterocycles. The normalized spacial score (nSPS) is 16.4. The summed E-state index contributed by atoms with van der Waals surface area (Å²) in [4.78, 5) is 13.4. The maximum Gasteiger partial charge on any atom is 0.264 e. The van der Waals surface area contributed by atoms with Crippen LogP contribution in [0.4, 0.5) is 5.69 Å². The average Bonchev–Trinajstić information content (AvgIpc) is 2.83. The van der Waals surface area contributed by atoms with Crippen LogP contribution in [0.15, 0.2) is 71.6 Å². The standard InChI is InChI=1S/C27H30N2O4S/c1-5-21-9-11-22(12-10-21)20(4)28-27(30)26-17-29(24-15-8-19(3)16-25(24)33-26)34(31,32)23-13-6-18(2)7-14-23/h6-16,20,26H,5,17H2,1-4H3,(H,28,30)/t20-,26-/m1/s1. The molecule has 34 heavy (non-hydrogen) atoms. The Kier molecular flexibility index (Phi) is 6.66. The molecule has 4 rings (SSSR count). The van der Waals surface area contributed by atoms with E-state index in [2.05, 4.69) is 12.2 Å². The van der Waals surface area contributed by atoms with Gasteiger partial charge in [-0.2, -0.15) is 0 Å². The molecule has 1 amide bonds. The molecular weight excluding hydrogens is 448 g/mol. The minimum Gasteiger partial charge on any atom is -0.476 e. The van der Waals surface area contributed by atoms with Crippen molar-refractivity contribution >= 4 is 21.6 Å². The summed E-state index contributed by atoms with van der Waals surface area (Å²) in [7, 11) is -3.89. The number of nitrogens with zero attached hydrogens (tertiary/aromatic N) is 1. The fourth-order valence-electron chi connectivity index (χ4n) is 3.99. The number of carbonyl (C=O) groups is 1. The molecule has 0 unspecified atom stereocenters. The quantitative estimate of drug-likeness (QED) is 0.557. The highest BCUT2D eigenvalue weighted by Gasteiger charge is 2.38. The van der Waals surface area contributed by atoms with Gasteiger partial charge >= 0.3 is 0 Å². The van der Waals surface area contributed by atoms with Crippen LogP contribution in [0, 0.1) is 13.8 Å². The number of hydrogen-bond donors (Lipinski definition) is 1. The molecule has 0 bridgehead atoms. The molecule has 0 aromatic heterocycles. The van der Waals surface area contributed by atoms with Gasteiger partial charge in [-0.05, 0) is 68.1 Å². The number of hydrogen-bond acceptors (Lipinski definition) is 4. The molecule has 178 valence electrons. The van der Waals surface area contributed by atoms with Gasteiger partial charge in [-0.3, -0.25) is 9.10 Å². The number of anilines is 1. The summed E-state index contributed by atoms with van der Waals surface area (Å²) in [5, 5.41) is 2.98. The van der Waals surface area contributed by atoms with E-state index in [0.29, 0.717) is 11.4 Å². The third-order valence-corrected chi connectivity index (χ3v) is 7.93. The third-order valence-electron chi connectivity index (χ3n) is 6.13. The zero-order valence-corrected chi connectivity index (χ0v) is 20.7. The molecule has 3 aromatic carbocycles. The first-order chi connectivity index (χ1) is 16.2. The first-order valence-corrected chi connectivity index (χ1v) is 12.9. The van der Waals surface area contributed by atoms with Gasteiger partial charge in [0.1, 0.15) is 5.75 Å². The Morgan fingerprint density at radius 2 is 1.68 bits per heavy atom. The lowest BCUT2D eigenvalue weighted by Crippen LogP contribution is -2.51. The van der Waals surface area contributed by atoms with Gasteiger partial charge in [-0.15, -0.1) is 0 Å². The lowest BCUT2D eigenvalue weighted by atomic mass is 10.0. The highest BCUT2D eigenvalue weighted by molar-refractivity contribution is 7.92. The van der Waals surface area contributed by atoms with E-state index in [1.165, 1.54) is 9.87 Å². The molecule has 7 heteroatoms. The number of amides is 1. The number of carbonyl (C=O) groups excluding carboxylic acids is 1. The predicted molar refractivity (Wildman–Crippen MR) is 134 cm³/mol. The summed E-state index contributed by atoms with van der Waals surface area (Å²) in [6, 6.07) is 19.9. The Hall–Kier alpha value is -3.32. The van der Waals surface area contributed by atoms with Gasteiger partial charge in [0, 0.05) is 0 Å². The van der Waals surface area contributed by atoms with Crippen molar-refractivity contribution in [3.63, 3.8) is 0 Å². The van der Waals surface area contributed by atoms with Crippen LogP contribution in [0.1, 0.15) is 42.1 Å². The highest BCUT2D eigenvalue weighted by Crippen LogP contribution is 2.38. The van der Waals surface area contributed by atoms with Crippen molar-refractivity contribution in [3.05, 3.63) is 89.0 Å². The summed E-state index contributed by atoms with van der Waals surface area (Å²) >= 11 is 0. The number of rotatable bonds is 6. The number of sulfonamides is 1. The van der Waals surface area contributed by atoms with Gasteiger partial charge < -0.3 is 10.1 Å². The molecule has 6 nitrogen and oxygen atoms in total. The Labute approximate surface area is 201 Å². The molecule has 0 fully saturated rings. The van der Waals surface area contributed by atoms with Crippen LogP contribution in [0.25, 0.3) is 0 Å². The number of benzene rings is 3. The van der Waals surface area contributed by atoms with Crippen LogP contribution in [0.3, 0.4) is 0 Å². The van der Waals surface area contributed by atoms with Crippen molar-refractivity contribution in [2.24, 2.45) is 0 Å². The van der Waals surface area contributed by atoms with Crippen molar-refractivity contribution < 1.29 is 17.9 Å². The van der Waals surface area contributed by atoms with Crippen LogP contribution in [-0.2, 0) is 21.2 Å². The molecule has 0 spiro atoms. The molecule has 0 aliphatic carbocycles. The molecule has 3 aromatic rings. The van der Waals surface area contributed by atoms with Crippen molar-refractivity contribution in [2.75, 3.05) is 10.8 Å². The van der Waals surface area contributed by atoms with Gasteiger partial charge in [0.15, 0.2) is 6.10 Å². The Bertz CT molecular complexity index is 1290. The summed E-state index contributed by atoms with van der Waals surface area (Å²) in [6.07, 6.45) is -0.0342. The Morgan fingerprint density at radius 3 is 2.32 bits per heavy atom. The lowest BCUT2D eigenvalue weighted by Gasteiger charge is -2.35. The summed E-state index contributed by atoms with van der Waals surface area (Å²) in [6.45, 7) is 7.69. The number of nitrogens with one attached hydrogen (secondary N) is 1. The van der Waals surface area contributed by atoms with Crippen molar-refractivity contribution in [2.45, 2.75) is 51.2 Å². The van der Waals surface area contributed by atoms with E-state index in [1.807, 2.05) is 51.1 Å². The summed E-state index contributed by atoms with van der Waals surface area (Å²) < 4.78 is 34.4. The maximum atomic E-state index is 13.6. The van der Waals surface area contributed by atoms with Crippen LogP contribution in [0.2, 0.25) is 0 Å². The van der Waals surface area contributed by atoms with Crippen LogP contribution < -0.4 is 14.4 Å². The zero-order chi connectivity index (χ0) is 24.5. The summed E-state index contributed by atoms with van der Waals surface area (Å²) in [5.74, 6) is 0.0189. The van der Waals surface area contributed by atoms with Gasteiger partial charge in [-0.25, -0.2) is 8.42 Å². The predicted octanol–water partition coefficient (Wildman–Crippen LogP) is 4.70. The van der Waals surface area contributed by atoms with Gasteiger partial charge in [-0.1, -0.05) is 55.0 Å². The van der Waals surface area contributed by atoms with Gasteiger partial charge in [0.25, 0.3) is 15.9 Å². The monoisotopic (exact) mass is 478 g/mol. The largest absolute Gasteiger partial charge is 0.476 e. The Balaban J connectivity index is 1.62. The molecule has 2 atom stereocenters. The van der Waals surface area contributed by atoms with Crippen LogP contribution in [-0.4, -0.2) is 27.0 Å². The number of ether oxygens (including phenoxy) is 1. The second-order valence-electron chi connectivity index (χ2n) is 8.75. The van der Waals surface area contributed by atoms with Crippen LogP contribution >= 0.6 is 0 Å². The first-order valence-electron chi connectivity index (χ1n) is 11.4. The molecule has 0 saturated carbocycles. The van der Waals surface area contributed by atoms with Crippen LogP contribution in [0.5, 0.6) is 5.75 Å². The van der Waals surface area contributed by atoms with Crippen molar-refractivity contribution in [1.82, 2.24) is 5.32 Å². The molecule has 0 radical (unpaired) electrons. The zero-order valence-electron chi connectivity index (χ0n) is 19.9. The average molecular weight is 479 g/mol. The minimum absolute atomic E-state index is 0.112. The van der Waals surface area contributed by atoms with Gasteiger partial charge in [0.2, 0.25) is 0 Å². The fraction of sp³-hybridized carbons (Fsp3) is 0.296. The third kappa shape index (κ3) is 4.80. The number of fused-ring (bicyclic) bond motifs is 1. The minimum atomic E-state index is -3.89. The topological polar surface area (TPSA) is 75.7 Å². The first kappa shape index (κ1) is 23.8. The van der Waals surface area contributed by atoms with Crippen molar-refractivity contribution in [3.8, 4) is 5.75 Å². The second-order valence-corrected chi connectivity index (χ2v) is 10.6. The molecule has 1 N–H and O–H groups in total. The SMILES string of the molecule is CCc1ccc([C@@H](C)NC(=O)[C@H]2CN(S(=O)(=O)c3ccc(C)cc3)c3ccc(C)cc3O2)cc1. The van der Waals surface area contributed by atoms with E-state index in [9.17, 15) is 13.2 Å². The molecule has 1 heterocycles. The molecule has 1 aliphatic rings.